The Labute approximate surface area is 195 Å². The van der Waals surface area contributed by atoms with Gasteiger partial charge in [-0.25, -0.2) is 0 Å². The zero-order chi connectivity index (χ0) is 23.6. The molecule has 1 saturated heterocycles. The molecule has 2 heterocycles. The van der Waals surface area contributed by atoms with Gasteiger partial charge in [0, 0.05) is 23.1 Å². The Morgan fingerprint density at radius 2 is 1.97 bits per heavy atom. The maximum atomic E-state index is 13.2. The first-order valence-electron chi connectivity index (χ1n) is 11.7. The van der Waals surface area contributed by atoms with Crippen molar-refractivity contribution in [1.82, 2.24) is 15.5 Å². The molecule has 0 aromatic heterocycles. The smallest absolute Gasteiger partial charge is 0.251 e. The van der Waals surface area contributed by atoms with Crippen LogP contribution in [0.25, 0.3) is 0 Å². The minimum atomic E-state index is -0.367. The molecule has 1 fully saturated rings. The van der Waals surface area contributed by atoms with Gasteiger partial charge < -0.3 is 15.4 Å². The molecule has 2 atom stereocenters. The van der Waals surface area contributed by atoms with E-state index in [0.29, 0.717) is 30.8 Å². The number of ether oxygens (including phenoxy) is 1. The lowest BCUT2D eigenvalue weighted by molar-refractivity contribution is -0.133. The van der Waals surface area contributed by atoms with Crippen molar-refractivity contribution in [1.29, 1.82) is 5.41 Å². The van der Waals surface area contributed by atoms with E-state index in [0.717, 1.165) is 24.0 Å². The summed E-state index contributed by atoms with van der Waals surface area (Å²) in [7, 11) is 0. The Morgan fingerprint density at radius 3 is 2.64 bits per heavy atom. The van der Waals surface area contributed by atoms with Crippen molar-refractivity contribution in [3.63, 3.8) is 0 Å². The van der Waals surface area contributed by atoms with Crippen molar-refractivity contribution in [3.8, 4) is 5.75 Å². The maximum absolute atomic E-state index is 13.2. The van der Waals surface area contributed by atoms with E-state index in [1.165, 1.54) is 0 Å². The van der Waals surface area contributed by atoms with Crippen LogP contribution >= 0.6 is 0 Å². The van der Waals surface area contributed by atoms with Crippen LogP contribution < -0.4 is 15.4 Å². The van der Waals surface area contributed by atoms with Crippen molar-refractivity contribution < 1.29 is 14.3 Å². The molecule has 1 unspecified atom stereocenters. The lowest BCUT2D eigenvalue weighted by Crippen LogP contribution is -2.62. The second kappa shape index (κ2) is 9.25. The molecule has 2 amide bonds. The number of guanidine groups is 1. The van der Waals surface area contributed by atoms with Crippen LogP contribution in [-0.4, -0.2) is 34.8 Å². The van der Waals surface area contributed by atoms with Crippen LogP contribution in [0, 0.1) is 5.41 Å². The molecule has 7 nitrogen and oxygen atoms in total. The molecule has 0 bridgehead atoms. The highest BCUT2D eigenvalue weighted by Crippen LogP contribution is 2.39. The molecular formula is C26H32N4O3. The molecular weight excluding hydrogens is 416 g/mol. The molecule has 0 spiro atoms. The summed E-state index contributed by atoms with van der Waals surface area (Å²) in [4.78, 5) is 27.7. The first-order valence-corrected chi connectivity index (χ1v) is 11.7. The highest BCUT2D eigenvalue weighted by atomic mass is 16.5. The van der Waals surface area contributed by atoms with Gasteiger partial charge in [-0.3, -0.25) is 19.9 Å². The van der Waals surface area contributed by atoms with Gasteiger partial charge in [0.05, 0.1) is 25.1 Å². The van der Waals surface area contributed by atoms with Crippen LogP contribution in [0.3, 0.4) is 0 Å². The number of hydrogen-bond donors (Lipinski definition) is 3. The lowest BCUT2D eigenvalue weighted by atomic mass is 9.85. The van der Waals surface area contributed by atoms with Crippen LogP contribution in [0.5, 0.6) is 5.75 Å². The maximum Gasteiger partial charge on any atom is 0.251 e. The average Bonchev–Trinajstić information content (AvgIpc) is 2.83. The minimum absolute atomic E-state index is 0.0622. The number of nitrogens with zero attached hydrogens (tertiary/aromatic N) is 1. The normalized spacial score (nSPS) is 20.3. The van der Waals surface area contributed by atoms with E-state index >= 15 is 0 Å². The van der Waals surface area contributed by atoms with Gasteiger partial charge >= 0.3 is 0 Å². The number of benzene rings is 2. The quantitative estimate of drug-likeness (QED) is 0.614. The Kier molecular flexibility index (Phi) is 6.40. The Hall–Kier alpha value is -3.35. The van der Waals surface area contributed by atoms with E-state index in [-0.39, 0.29) is 35.4 Å². The fourth-order valence-corrected chi connectivity index (χ4v) is 4.75. The van der Waals surface area contributed by atoms with Gasteiger partial charge in [0.25, 0.3) is 5.91 Å². The van der Waals surface area contributed by atoms with Crippen molar-refractivity contribution in [3.05, 3.63) is 65.2 Å². The molecule has 4 rings (SSSR count). The van der Waals surface area contributed by atoms with Gasteiger partial charge in [0.2, 0.25) is 5.91 Å². The van der Waals surface area contributed by atoms with Gasteiger partial charge in [-0.15, -0.1) is 0 Å². The van der Waals surface area contributed by atoms with Crippen molar-refractivity contribution in [2.24, 2.45) is 0 Å². The van der Waals surface area contributed by atoms with Gasteiger partial charge in [0.15, 0.2) is 5.96 Å². The van der Waals surface area contributed by atoms with E-state index in [9.17, 15) is 9.59 Å². The molecule has 7 heteroatoms. The standard InChI is InChI=1S/C26H32N4O3/c1-4-26(5-2)16-23(31)30(25(27)29-26)21-13-14-33-22-12-11-19(15-20(21)22)24(32)28-17(3)18-9-7-6-8-10-18/h6-12,15,17,21H,4-5,13-14,16H2,1-3H3,(H2,27,29)(H,28,32)/t17-,21?/m0/s1. The molecule has 0 aliphatic carbocycles. The minimum Gasteiger partial charge on any atom is -0.493 e. The molecule has 0 saturated carbocycles. The third kappa shape index (κ3) is 4.45. The van der Waals surface area contributed by atoms with Crippen molar-refractivity contribution >= 4 is 17.8 Å². The monoisotopic (exact) mass is 448 g/mol. The predicted octanol–water partition coefficient (Wildman–Crippen LogP) is 4.32. The van der Waals surface area contributed by atoms with E-state index in [4.69, 9.17) is 10.1 Å². The van der Waals surface area contributed by atoms with E-state index in [2.05, 4.69) is 10.6 Å². The fourth-order valence-electron chi connectivity index (χ4n) is 4.75. The van der Waals surface area contributed by atoms with E-state index < -0.39 is 0 Å². The number of carbonyl (C=O) groups excluding carboxylic acids is 2. The largest absolute Gasteiger partial charge is 0.493 e. The van der Waals surface area contributed by atoms with E-state index in [1.54, 1.807) is 23.1 Å². The van der Waals surface area contributed by atoms with Crippen LogP contribution in [-0.2, 0) is 4.79 Å². The summed E-state index contributed by atoms with van der Waals surface area (Å²) in [5.41, 5.74) is 1.93. The number of carbonyl (C=O) groups is 2. The first-order chi connectivity index (χ1) is 15.9. The molecule has 174 valence electrons. The highest BCUT2D eigenvalue weighted by Gasteiger charge is 2.43. The Bertz CT molecular complexity index is 1030. The summed E-state index contributed by atoms with van der Waals surface area (Å²) in [6, 6.07) is 14.7. The van der Waals surface area contributed by atoms with Crippen LogP contribution in [0.15, 0.2) is 48.5 Å². The zero-order valence-electron chi connectivity index (χ0n) is 19.5. The zero-order valence-corrected chi connectivity index (χ0v) is 19.5. The van der Waals surface area contributed by atoms with Gasteiger partial charge in [-0.1, -0.05) is 44.2 Å². The van der Waals surface area contributed by atoms with Crippen molar-refractivity contribution in [2.45, 2.75) is 64.1 Å². The molecule has 3 N–H and O–H groups in total. The van der Waals surface area contributed by atoms with Gasteiger partial charge in [-0.2, -0.15) is 0 Å². The number of rotatable bonds is 6. The third-order valence-electron chi connectivity index (χ3n) is 6.98. The SMILES string of the molecule is CCC1(CC)CC(=O)N(C2CCOc3ccc(C(=O)N[C@@H](C)c4ccccc4)cc32)C(=N)N1. The van der Waals surface area contributed by atoms with Crippen LogP contribution in [0.4, 0.5) is 0 Å². The number of fused-ring (bicyclic) bond motifs is 1. The second-order valence-electron chi connectivity index (χ2n) is 8.91. The summed E-state index contributed by atoms with van der Waals surface area (Å²) in [5, 5.41) is 14.9. The van der Waals surface area contributed by atoms with Gasteiger partial charge in [-0.05, 0) is 43.5 Å². The van der Waals surface area contributed by atoms with Crippen LogP contribution in [0.2, 0.25) is 0 Å². The summed E-state index contributed by atoms with van der Waals surface area (Å²) < 4.78 is 5.82. The molecule has 2 aliphatic heterocycles. The lowest BCUT2D eigenvalue weighted by Gasteiger charge is -2.45. The highest BCUT2D eigenvalue weighted by molar-refractivity contribution is 6.00. The Balaban J connectivity index is 1.58. The van der Waals surface area contributed by atoms with E-state index in [1.807, 2.05) is 51.1 Å². The number of amides is 2. The summed E-state index contributed by atoms with van der Waals surface area (Å²) in [6.07, 6.45) is 2.48. The summed E-state index contributed by atoms with van der Waals surface area (Å²) >= 11 is 0. The molecule has 2 aromatic carbocycles. The average molecular weight is 449 g/mol. The summed E-state index contributed by atoms with van der Waals surface area (Å²) in [6.45, 7) is 6.48. The summed E-state index contributed by atoms with van der Waals surface area (Å²) in [5.74, 6) is 0.531. The first kappa shape index (κ1) is 22.8. The Morgan fingerprint density at radius 1 is 1.24 bits per heavy atom. The van der Waals surface area contributed by atoms with Crippen LogP contribution in [0.1, 0.15) is 80.0 Å². The molecule has 33 heavy (non-hydrogen) atoms. The molecule has 2 aliphatic rings. The van der Waals surface area contributed by atoms with Gasteiger partial charge in [0.1, 0.15) is 5.75 Å². The number of nitrogens with one attached hydrogen (secondary N) is 3. The molecule has 0 radical (unpaired) electrons. The second-order valence-corrected chi connectivity index (χ2v) is 8.91. The topological polar surface area (TPSA) is 94.5 Å². The fraction of sp³-hybridized carbons (Fsp3) is 0.423. The predicted molar refractivity (Wildman–Crippen MR) is 127 cm³/mol. The molecule has 2 aromatic rings. The number of hydrogen-bond acceptors (Lipinski definition) is 4. The third-order valence-corrected chi connectivity index (χ3v) is 6.98. The van der Waals surface area contributed by atoms with Crippen molar-refractivity contribution in [2.75, 3.05) is 6.61 Å².